The van der Waals surface area contributed by atoms with E-state index in [4.69, 9.17) is 16.7 Å². The van der Waals surface area contributed by atoms with E-state index in [0.717, 1.165) is 5.56 Å². The maximum atomic E-state index is 11.1. The van der Waals surface area contributed by atoms with Gasteiger partial charge in [-0.05, 0) is 48.5 Å². The van der Waals surface area contributed by atoms with Gasteiger partial charge < -0.3 is 0 Å². The number of nitrogens with two attached hydrogens (primary N) is 1. The number of hydrogen-bond acceptors (Lipinski definition) is 2. The molecule has 2 rings (SSSR count). The molecule has 96 valence electrons. The van der Waals surface area contributed by atoms with Gasteiger partial charge in [-0.2, -0.15) is 0 Å². The Labute approximate surface area is 117 Å². The standard InChI is InChI=1S/C14H10ClNO2S/c15-13-7-3-11(4-8-13)1-2-12-5-9-14(10-6-12)19(16,17)18/h3-10H,(H2,16,17,18). The van der Waals surface area contributed by atoms with Gasteiger partial charge in [0.1, 0.15) is 0 Å². The van der Waals surface area contributed by atoms with Crippen molar-refractivity contribution >= 4 is 21.6 Å². The van der Waals surface area contributed by atoms with Crippen molar-refractivity contribution in [1.29, 1.82) is 0 Å². The minimum atomic E-state index is -3.65. The molecule has 0 unspecified atom stereocenters. The van der Waals surface area contributed by atoms with Crippen molar-refractivity contribution in [2.75, 3.05) is 0 Å². The van der Waals surface area contributed by atoms with Crippen LogP contribution in [-0.4, -0.2) is 8.42 Å². The summed E-state index contributed by atoms with van der Waals surface area (Å²) in [4.78, 5) is 0.0737. The minimum Gasteiger partial charge on any atom is -0.225 e. The van der Waals surface area contributed by atoms with Gasteiger partial charge in [-0.25, -0.2) is 13.6 Å². The fraction of sp³-hybridized carbons (Fsp3) is 0. The molecule has 0 amide bonds. The lowest BCUT2D eigenvalue weighted by atomic mass is 10.2. The van der Waals surface area contributed by atoms with Crippen LogP contribution < -0.4 is 5.14 Å². The van der Waals surface area contributed by atoms with Crippen LogP contribution >= 0.6 is 11.6 Å². The zero-order chi connectivity index (χ0) is 13.9. The second-order valence-corrected chi connectivity index (χ2v) is 5.82. The molecule has 0 heterocycles. The molecule has 0 aromatic heterocycles. The van der Waals surface area contributed by atoms with Gasteiger partial charge in [-0.15, -0.1) is 0 Å². The molecule has 19 heavy (non-hydrogen) atoms. The number of primary sulfonamides is 1. The van der Waals surface area contributed by atoms with Crippen molar-refractivity contribution < 1.29 is 8.42 Å². The van der Waals surface area contributed by atoms with Crippen LogP contribution in [0.3, 0.4) is 0 Å². The van der Waals surface area contributed by atoms with E-state index in [1.807, 2.05) is 12.1 Å². The Morgan fingerprint density at radius 2 is 1.26 bits per heavy atom. The summed E-state index contributed by atoms with van der Waals surface area (Å²) in [6, 6.07) is 13.2. The van der Waals surface area contributed by atoms with E-state index in [1.54, 1.807) is 24.3 Å². The molecule has 0 saturated heterocycles. The summed E-state index contributed by atoms with van der Waals surface area (Å²) in [7, 11) is -3.65. The Morgan fingerprint density at radius 3 is 1.68 bits per heavy atom. The van der Waals surface area contributed by atoms with Gasteiger partial charge in [0.15, 0.2) is 0 Å². The maximum absolute atomic E-state index is 11.1. The predicted molar refractivity (Wildman–Crippen MR) is 75.2 cm³/mol. The third-order valence-corrected chi connectivity index (χ3v) is 3.56. The minimum absolute atomic E-state index is 0.0737. The lowest BCUT2D eigenvalue weighted by Crippen LogP contribution is -2.11. The highest BCUT2D eigenvalue weighted by molar-refractivity contribution is 7.89. The van der Waals surface area contributed by atoms with Crippen LogP contribution in [0, 0.1) is 11.8 Å². The zero-order valence-corrected chi connectivity index (χ0v) is 11.4. The molecule has 0 fully saturated rings. The fourth-order valence-electron chi connectivity index (χ4n) is 1.41. The van der Waals surface area contributed by atoms with Crippen molar-refractivity contribution in [3.05, 3.63) is 64.7 Å². The van der Waals surface area contributed by atoms with Crippen molar-refractivity contribution in [2.45, 2.75) is 4.90 Å². The van der Waals surface area contributed by atoms with Crippen molar-refractivity contribution in [3.8, 4) is 11.8 Å². The monoisotopic (exact) mass is 291 g/mol. The number of sulfonamides is 1. The second-order valence-electron chi connectivity index (χ2n) is 3.83. The van der Waals surface area contributed by atoms with E-state index in [0.29, 0.717) is 10.6 Å². The van der Waals surface area contributed by atoms with Crippen LogP contribution in [0.1, 0.15) is 11.1 Å². The van der Waals surface area contributed by atoms with Crippen molar-refractivity contribution in [2.24, 2.45) is 5.14 Å². The molecule has 0 radical (unpaired) electrons. The van der Waals surface area contributed by atoms with E-state index in [9.17, 15) is 8.42 Å². The number of hydrogen-bond donors (Lipinski definition) is 1. The van der Waals surface area contributed by atoms with Gasteiger partial charge in [0.05, 0.1) is 4.90 Å². The lowest BCUT2D eigenvalue weighted by molar-refractivity contribution is 0.598. The summed E-state index contributed by atoms with van der Waals surface area (Å²) in [6.07, 6.45) is 0. The van der Waals surface area contributed by atoms with Gasteiger partial charge in [-0.1, -0.05) is 23.4 Å². The van der Waals surface area contributed by atoms with Crippen molar-refractivity contribution in [1.82, 2.24) is 0 Å². The molecule has 0 atom stereocenters. The third kappa shape index (κ3) is 3.83. The van der Waals surface area contributed by atoms with Gasteiger partial charge in [-0.3, -0.25) is 0 Å². The summed E-state index contributed by atoms with van der Waals surface area (Å²) in [5.41, 5.74) is 1.54. The molecule has 0 aliphatic carbocycles. The largest absolute Gasteiger partial charge is 0.238 e. The fourth-order valence-corrected chi connectivity index (χ4v) is 2.05. The van der Waals surface area contributed by atoms with Gasteiger partial charge in [0, 0.05) is 16.1 Å². The van der Waals surface area contributed by atoms with E-state index in [-0.39, 0.29) is 4.90 Å². The average molecular weight is 292 g/mol. The smallest absolute Gasteiger partial charge is 0.225 e. The molecular weight excluding hydrogens is 282 g/mol. The van der Waals surface area contributed by atoms with Crippen molar-refractivity contribution in [3.63, 3.8) is 0 Å². The van der Waals surface area contributed by atoms with E-state index >= 15 is 0 Å². The molecule has 2 N–H and O–H groups in total. The molecule has 2 aromatic rings. The van der Waals surface area contributed by atoms with Gasteiger partial charge in [0.2, 0.25) is 10.0 Å². The summed E-state index contributed by atoms with van der Waals surface area (Å²) < 4.78 is 22.2. The first-order chi connectivity index (χ1) is 8.95. The first-order valence-corrected chi connectivity index (χ1v) is 7.28. The first-order valence-electron chi connectivity index (χ1n) is 5.35. The quantitative estimate of drug-likeness (QED) is 0.820. The molecule has 3 nitrogen and oxygen atoms in total. The Kier molecular flexibility index (Phi) is 3.91. The summed E-state index contributed by atoms with van der Waals surface area (Å²) in [5, 5.41) is 5.67. The SMILES string of the molecule is NS(=O)(=O)c1ccc(C#Cc2ccc(Cl)cc2)cc1. The Balaban J connectivity index is 2.23. The Morgan fingerprint density at radius 1 is 0.842 bits per heavy atom. The second kappa shape index (κ2) is 5.45. The van der Waals surface area contributed by atoms with Crippen LogP contribution in [0.25, 0.3) is 0 Å². The molecule has 0 spiro atoms. The average Bonchev–Trinajstić information content (AvgIpc) is 2.37. The Hall–Kier alpha value is -1.80. The van der Waals surface area contributed by atoms with Crippen LogP contribution in [-0.2, 0) is 10.0 Å². The topological polar surface area (TPSA) is 60.2 Å². The van der Waals surface area contributed by atoms with Gasteiger partial charge in [0.25, 0.3) is 0 Å². The summed E-state index contributed by atoms with van der Waals surface area (Å²) in [5.74, 6) is 5.89. The molecule has 0 bridgehead atoms. The maximum Gasteiger partial charge on any atom is 0.238 e. The first kappa shape index (κ1) is 13.6. The highest BCUT2D eigenvalue weighted by Crippen LogP contribution is 2.10. The van der Waals surface area contributed by atoms with E-state index in [2.05, 4.69) is 11.8 Å². The normalized spacial score (nSPS) is 10.6. The predicted octanol–water partition coefficient (Wildman–Crippen LogP) is 2.39. The number of benzene rings is 2. The zero-order valence-electron chi connectivity index (χ0n) is 9.80. The molecule has 5 heteroatoms. The third-order valence-electron chi connectivity index (χ3n) is 2.38. The lowest BCUT2D eigenvalue weighted by Gasteiger charge is -1.97. The van der Waals surface area contributed by atoms with Crippen LogP contribution in [0.4, 0.5) is 0 Å². The van der Waals surface area contributed by atoms with Crippen LogP contribution in [0.2, 0.25) is 5.02 Å². The summed E-state index contributed by atoms with van der Waals surface area (Å²) >= 11 is 5.77. The molecule has 0 aliphatic rings. The molecule has 0 saturated carbocycles. The molecule has 2 aromatic carbocycles. The van der Waals surface area contributed by atoms with E-state index in [1.165, 1.54) is 12.1 Å². The molecular formula is C14H10ClNO2S. The summed E-state index contributed by atoms with van der Waals surface area (Å²) in [6.45, 7) is 0. The van der Waals surface area contributed by atoms with Gasteiger partial charge >= 0.3 is 0 Å². The highest BCUT2D eigenvalue weighted by atomic mass is 35.5. The van der Waals surface area contributed by atoms with Crippen LogP contribution in [0.15, 0.2) is 53.4 Å². The van der Waals surface area contributed by atoms with Crippen LogP contribution in [0.5, 0.6) is 0 Å². The Bertz CT molecular complexity index is 739. The highest BCUT2D eigenvalue weighted by Gasteiger charge is 2.05. The molecule has 0 aliphatic heterocycles. The number of halogens is 1. The number of rotatable bonds is 1. The van der Waals surface area contributed by atoms with E-state index < -0.39 is 10.0 Å².